The predicted octanol–water partition coefficient (Wildman–Crippen LogP) is 4.68. The molecule has 4 rings (SSSR count). The van der Waals surface area contributed by atoms with E-state index in [4.69, 9.17) is 0 Å². The van der Waals surface area contributed by atoms with Crippen molar-refractivity contribution in [1.29, 1.82) is 0 Å². The van der Waals surface area contributed by atoms with Crippen molar-refractivity contribution in [3.8, 4) is 0 Å². The van der Waals surface area contributed by atoms with Crippen LogP contribution in [0.2, 0.25) is 0 Å². The van der Waals surface area contributed by atoms with Gasteiger partial charge in [0.2, 0.25) is 5.91 Å². The summed E-state index contributed by atoms with van der Waals surface area (Å²) in [7, 11) is 0. The quantitative estimate of drug-likeness (QED) is 0.686. The van der Waals surface area contributed by atoms with Gasteiger partial charge in [-0.1, -0.05) is 44.2 Å². The van der Waals surface area contributed by atoms with Crippen molar-refractivity contribution in [3.63, 3.8) is 0 Å². The third-order valence-corrected chi connectivity index (χ3v) is 6.72. The fraction of sp³-hybridized carbons (Fsp3) is 0.462. The van der Waals surface area contributed by atoms with Gasteiger partial charge in [0.1, 0.15) is 0 Å². The van der Waals surface area contributed by atoms with Gasteiger partial charge in [0.25, 0.3) is 5.91 Å². The normalized spacial score (nSPS) is 20.4. The number of rotatable bonds is 5. The highest BCUT2D eigenvalue weighted by Gasteiger charge is 2.51. The molecular weight excluding hydrogens is 443 g/mol. The van der Waals surface area contributed by atoms with Gasteiger partial charge >= 0.3 is 6.18 Å². The molecule has 2 fully saturated rings. The molecule has 2 saturated heterocycles. The third-order valence-electron chi connectivity index (χ3n) is 6.72. The summed E-state index contributed by atoms with van der Waals surface area (Å²) < 4.78 is 39.7. The van der Waals surface area contributed by atoms with E-state index in [9.17, 15) is 22.8 Å². The maximum Gasteiger partial charge on any atom is 0.416 e. The average molecular weight is 474 g/mol. The lowest BCUT2D eigenvalue weighted by Gasteiger charge is -2.44. The minimum absolute atomic E-state index is 0.0528. The summed E-state index contributed by atoms with van der Waals surface area (Å²) in [4.78, 5) is 29.8. The zero-order valence-corrected chi connectivity index (χ0v) is 19.4. The minimum atomic E-state index is -4.44. The van der Waals surface area contributed by atoms with E-state index in [1.807, 2.05) is 32.0 Å². The molecule has 0 aliphatic carbocycles. The Morgan fingerprint density at radius 3 is 2.38 bits per heavy atom. The van der Waals surface area contributed by atoms with Crippen LogP contribution in [0.3, 0.4) is 0 Å². The molecule has 2 aromatic carbocycles. The summed E-state index contributed by atoms with van der Waals surface area (Å²) in [5.41, 5.74) is -0.344. The number of benzene rings is 2. The molecule has 2 amide bonds. The van der Waals surface area contributed by atoms with E-state index < -0.39 is 17.4 Å². The van der Waals surface area contributed by atoms with Gasteiger partial charge in [0, 0.05) is 38.0 Å². The number of carbonyl (C=O) groups excluding carboxylic acids is 2. The van der Waals surface area contributed by atoms with Gasteiger partial charge in [-0.05, 0) is 42.2 Å². The Bertz CT molecular complexity index is 1030. The van der Waals surface area contributed by atoms with Crippen LogP contribution in [0.5, 0.6) is 0 Å². The standard InChI is InChI=1S/C26H30F3N3O2/c1-18(2)15-22-24(34)32(17-19-7-6-10-21(16-19)26(27,28)29)25(30-22)11-13-31(14-12-25)23(33)20-8-4-3-5-9-20/h3-10,16,18,22,30H,11-15,17H2,1-2H3/t22-/m1/s1. The summed E-state index contributed by atoms with van der Waals surface area (Å²) >= 11 is 0. The Morgan fingerprint density at radius 2 is 1.76 bits per heavy atom. The van der Waals surface area contributed by atoms with Crippen LogP contribution in [0, 0.1) is 5.92 Å². The lowest BCUT2D eigenvalue weighted by molar-refractivity contribution is -0.137. The first-order valence-electron chi connectivity index (χ1n) is 11.7. The molecule has 2 aliphatic rings. The first kappa shape index (κ1) is 24.3. The molecule has 34 heavy (non-hydrogen) atoms. The fourth-order valence-corrected chi connectivity index (χ4v) is 5.01. The lowest BCUT2D eigenvalue weighted by atomic mass is 9.94. The van der Waals surface area contributed by atoms with Crippen LogP contribution < -0.4 is 5.32 Å². The van der Waals surface area contributed by atoms with Gasteiger partial charge in [0.05, 0.1) is 17.3 Å². The molecule has 0 radical (unpaired) electrons. The first-order chi connectivity index (χ1) is 16.1. The molecule has 182 valence electrons. The molecule has 2 aromatic rings. The predicted molar refractivity (Wildman–Crippen MR) is 123 cm³/mol. The van der Waals surface area contributed by atoms with Gasteiger partial charge < -0.3 is 9.80 Å². The second kappa shape index (κ2) is 9.41. The molecule has 0 saturated carbocycles. The van der Waals surface area contributed by atoms with Crippen molar-refractivity contribution in [2.24, 2.45) is 5.92 Å². The maximum atomic E-state index is 13.4. The van der Waals surface area contributed by atoms with Gasteiger partial charge in [0.15, 0.2) is 0 Å². The van der Waals surface area contributed by atoms with E-state index in [0.29, 0.717) is 43.5 Å². The van der Waals surface area contributed by atoms with E-state index in [2.05, 4.69) is 5.32 Å². The van der Waals surface area contributed by atoms with Crippen molar-refractivity contribution < 1.29 is 22.8 Å². The molecule has 2 heterocycles. The van der Waals surface area contributed by atoms with E-state index in [0.717, 1.165) is 12.1 Å². The first-order valence-corrected chi connectivity index (χ1v) is 11.7. The van der Waals surface area contributed by atoms with Crippen molar-refractivity contribution >= 4 is 11.8 Å². The molecule has 1 atom stereocenters. The molecule has 1 N–H and O–H groups in total. The third kappa shape index (κ3) is 4.97. The Kier molecular flexibility index (Phi) is 6.71. The Balaban J connectivity index is 1.56. The highest BCUT2D eigenvalue weighted by Crippen LogP contribution is 2.36. The highest BCUT2D eigenvalue weighted by molar-refractivity contribution is 5.94. The van der Waals surface area contributed by atoms with Crippen molar-refractivity contribution in [3.05, 3.63) is 71.3 Å². The topological polar surface area (TPSA) is 52.7 Å². The molecule has 0 aromatic heterocycles. The number of nitrogens with one attached hydrogen (secondary N) is 1. The number of amides is 2. The number of nitrogens with zero attached hydrogens (tertiary/aromatic N) is 2. The van der Waals surface area contributed by atoms with Crippen LogP contribution in [-0.2, 0) is 17.5 Å². The molecule has 0 bridgehead atoms. The number of piperidine rings is 1. The van der Waals surface area contributed by atoms with Gasteiger partial charge in [-0.2, -0.15) is 13.2 Å². The van der Waals surface area contributed by atoms with E-state index in [1.165, 1.54) is 6.07 Å². The Morgan fingerprint density at radius 1 is 1.09 bits per heavy atom. The molecule has 2 aliphatic heterocycles. The summed E-state index contributed by atoms with van der Waals surface area (Å²) in [6.07, 6.45) is -2.76. The van der Waals surface area contributed by atoms with E-state index >= 15 is 0 Å². The largest absolute Gasteiger partial charge is 0.416 e. The summed E-state index contributed by atoms with van der Waals surface area (Å²) in [5, 5.41) is 3.52. The average Bonchev–Trinajstić information content (AvgIpc) is 3.04. The van der Waals surface area contributed by atoms with Crippen LogP contribution in [0.4, 0.5) is 13.2 Å². The van der Waals surface area contributed by atoms with E-state index in [1.54, 1.807) is 28.0 Å². The lowest BCUT2D eigenvalue weighted by Crippen LogP contribution is -2.59. The summed E-state index contributed by atoms with van der Waals surface area (Å²) in [6, 6.07) is 13.8. The number of alkyl halides is 3. The highest BCUT2D eigenvalue weighted by atomic mass is 19.4. The van der Waals surface area contributed by atoms with Gasteiger partial charge in [-0.15, -0.1) is 0 Å². The van der Waals surface area contributed by atoms with Crippen LogP contribution in [-0.4, -0.2) is 46.4 Å². The monoisotopic (exact) mass is 473 g/mol. The zero-order valence-electron chi connectivity index (χ0n) is 19.4. The fourth-order valence-electron chi connectivity index (χ4n) is 5.01. The van der Waals surface area contributed by atoms with Gasteiger partial charge in [-0.3, -0.25) is 14.9 Å². The Hall–Kier alpha value is -2.87. The van der Waals surface area contributed by atoms with E-state index in [-0.39, 0.29) is 30.3 Å². The van der Waals surface area contributed by atoms with Crippen LogP contribution in [0.15, 0.2) is 54.6 Å². The summed E-state index contributed by atoms with van der Waals surface area (Å²) in [6.45, 7) is 5.09. The molecule has 1 spiro atoms. The van der Waals surface area contributed by atoms with Gasteiger partial charge in [-0.25, -0.2) is 0 Å². The second-order valence-electron chi connectivity index (χ2n) is 9.64. The number of halogens is 3. The minimum Gasteiger partial charge on any atom is -0.338 e. The SMILES string of the molecule is CC(C)C[C@H]1NC2(CCN(C(=O)c3ccccc3)CC2)N(Cc2cccc(C(F)(F)F)c2)C1=O. The molecule has 8 heteroatoms. The summed E-state index contributed by atoms with van der Waals surface area (Å²) in [5.74, 6) is 0.142. The van der Waals surface area contributed by atoms with Crippen LogP contribution >= 0.6 is 0 Å². The van der Waals surface area contributed by atoms with Crippen molar-refractivity contribution in [2.45, 2.75) is 57.5 Å². The van der Waals surface area contributed by atoms with Crippen LogP contribution in [0.25, 0.3) is 0 Å². The van der Waals surface area contributed by atoms with Crippen LogP contribution in [0.1, 0.15) is 54.6 Å². The molecular formula is C26H30F3N3O2. The van der Waals surface area contributed by atoms with Crippen molar-refractivity contribution in [1.82, 2.24) is 15.1 Å². The Labute approximate surface area is 197 Å². The molecule has 5 nitrogen and oxygen atoms in total. The smallest absolute Gasteiger partial charge is 0.338 e. The number of hydrogen-bond donors (Lipinski definition) is 1. The van der Waals surface area contributed by atoms with Crippen molar-refractivity contribution in [2.75, 3.05) is 13.1 Å². The number of hydrogen-bond acceptors (Lipinski definition) is 3. The zero-order chi connectivity index (χ0) is 24.5. The number of likely N-dealkylation sites (tertiary alicyclic amines) is 1. The maximum absolute atomic E-state index is 13.4. The second-order valence-corrected chi connectivity index (χ2v) is 9.64. The molecule has 0 unspecified atom stereocenters. The number of carbonyl (C=O) groups is 2.